The van der Waals surface area contributed by atoms with Crippen molar-refractivity contribution in [2.45, 2.75) is 13.3 Å². The van der Waals surface area contributed by atoms with Crippen LogP contribution in [0.5, 0.6) is 5.75 Å². The Kier molecular flexibility index (Phi) is 5.49. The number of hydrogen-bond acceptors (Lipinski definition) is 3. The van der Waals surface area contributed by atoms with Gasteiger partial charge in [-0.15, -0.1) is 0 Å². The number of carbonyl (C=O) groups is 1. The summed E-state index contributed by atoms with van der Waals surface area (Å²) in [6.07, 6.45) is 0.802. The Hall–Kier alpha value is -1.55. The normalized spacial score (nSPS) is 10.1. The minimum absolute atomic E-state index is 0.110. The molecule has 0 heterocycles. The first-order valence-electron chi connectivity index (χ1n) is 5.61. The number of benzene rings is 1. The Labute approximate surface area is 102 Å². The first-order valence-corrected chi connectivity index (χ1v) is 5.61. The second kappa shape index (κ2) is 6.91. The summed E-state index contributed by atoms with van der Waals surface area (Å²) in [6, 6.07) is 5.53. The van der Waals surface area contributed by atoms with Gasteiger partial charge in [0.15, 0.2) is 0 Å². The molecule has 0 radical (unpaired) electrons. The third-order valence-corrected chi connectivity index (χ3v) is 2.47. The predicted octanol–water partition coefficient (Wildman–Crippen LogP) is 1.77. The summed E-state index contributed by atoms with van der Waals surface area (Å²) in [7, 11) is 3.22. The molecule has 0 bridgehead atoms. The van der Waals surface area contributed by atoms with Crippen molar-refractivity contribution in [2.75, 3.05) is 27.4 Å². The number of hydrogen-bond donors (Lipinski definition) is 1. The highest BCUT2D eigenvalue weighted by molar-refractivity contribution is 5.97. The summed E-state index contributed by atoms with van der Waals surface area (Å²) < 4.78 is 10.2. The maximum atomic E-state index is 11.9. The molecular weight excluding hydrogens is 218 g/mol. The summed E-state index contributed by atoms with van der Waals surface area (Å²) in [4.78, 5) is 11.9. The van der Waals surface area contributed by atoms with E-state index in [1.807, 2.05) is 19.1 Å². The average Bonchev–Trinajstić information content (AvgIpc) is 2.34. The zero-order valence-electron chi connectivity index (χ0n) is 10.6. The number of aryl methyl sites for hydroxylation is 1. The molecule has 1 rings (SSSR count). The predicted molar refractivity (Wildman–Crippen MR) is 66.6 cm³/mol. The second-order valence-corrected chi connectivity index (χ2v) is 3.76. The lowest BCUT2D eigenvalue weighted by Crippen LogP contribution is -2.25. The molecule has 0 fully saturated rings. The Bertz CT molecular complexity index is 377. The molecule has 0 spiro atoms. The molecule has 0 aliphatic rings. The van der Waals surface area contributed by atoms with Gasteiger partial charge in [0, 0.05) is 20.3 Å². The van der Waals surface area contributed by atoms with E-state index >= 15 is 0 Å². The number of nitrogens with one attached hydrogen (secondary N) is 1. The zero-order valence-corrected chi connectivity index (χ0v) is 10.6. The fourth-order valence-electron chi connectivity index (χ4n) is 1.62. The number of rotatable bonds is 6. The van der Waals surface area contributed by atoms with Gasteiger partial charge in [0.05, 0.1) is 12.7 Å². The van der Waals surface area contributed by atoms with Gasteiger partial charge in [0.2, 0.25) is 0 Å². The fourth-order valence-corrected chi connectivity index (χ4v) is 1.62. The molecule has 0 atom stereocenters. The Morgan fingerprint density at radius 3 is 2.76 bits per heavy atom. The van der Waals surface area contributed by atoms with E-state index in [1.165, 1.54) is 0 Å². The van der Waals surface area contributed by atoms with Gasteiger partial charge in [-0.25, -0.2) is 0 Å². The van der Waals surface area contributed by atoms with Crippen LogP contribution in [0.2, 0.25) is 0 Å². The first kappa shape index (κ1) is 13.5. The molecule has 4 nitrogen and oxygen atoms in total. The molecule has 0 aromatic heterocycles. The molecule has 1 N–H and O–H groups in total. The van der Waals surface area contributed by atoms with Crippen molar-refractivity contribution in [2.24, 2.45) is 0 Å². The summed E-state index contributed by atoms with van der Waals surface area (Å²) in [5, 5.41) is 2.84. The van der Waals surface area contributed by atoms with Crippen molar-refractivity contribution < 1.29 is 14.3 Å². The highest BCUT2D eigenvalue weighted by atomic mass is 16.5. The van der Waals surface area contributed by atoms with Crippen molar-refractivity contribution in [3.8, 4) is 5.75 Å². The molecule has 1 amide bonds. The monoisotopic (exact) mass is 237 g/mol. The van der Waals surface area contributed by atoms with Crippen LogP contribution in [0.25, 0.3) is 0 Å². The van der Waals surface area contributed by atoms with Crippen LogP contribution in [0.3, 0.4) is 0 Å². The van der Waals surface area contributed by atoms with Crippen molar-refractivity contribution in [1.29, 1.82) is 0 Å². The molecular formula is C13H19NO3. The lowest BCUT2D eigenvalue weighted by Gasteiger charge is -2.11. The van der Waals surface area contributed by atoms with Gasteiger partial charge < -0.3 is 14.8 Å². The zero-order chi connectivity index (χ0) is 12.7. The SMILES string of the molecule is COCCCNC(=O)c1cccc(C)c1OC. The average molecular weight is 237 g/mol. The summed E-state index contributed by atoms with van der Waals surface area (Å²) >= 11 is 0. The van der Waals surface area contributed by atoms with Gasteiger partial charge >= 0.3 is 0 Å². The molecule has 0 saturated heterocycles. The summed E-state index contributed by atoms with van der Waals surface area (Å²) in [5.41, 5.74) is 1.53. The molecule has 94 valence electrons. The van der Waals surface area contributed by atoms with Crippen LogP contribution in [0.1, 0.15) is 22.3 Å². The number of methoxy groups -OCH3 is 2. The number of ether oxygens (including phenoxy) is 2. The van der Waals surface area contributed by atoms with Crippen molar-refractivity contribution in [1.82, 2.24) is 5.32 Å². The molecule has 1 aromatic carbocycles. The van der Waals surface area contributed by atoms with Crippen molar-refractivity contribution in [3.05, 3.63) is 29.3 Å². The summed E-state index contributed by atoms with van der Waals surface area (Å²) in [5.74, 6) is 0.526. The minimum Gasteiger partial charge on any atom is -0.496 e. The van der Waals surface area contributed by atoms with E-state index in [2.05, 4.69) is 5.32 Å². The highest BCUT2D eigenvalue weighted by Crippen LogP contribution is 2.22. The molecule has 1 aromatic rings. The minimum atomic E-state index is -0.110. The van der Waals surface area contributed by atoms with Crippen LogP contribution < -0.4 is 10.1 Å². The maximum Gasteiger partial charge on any atom is 0.255 e. The van der Waals surface area contributed by atoms with Gasteiger partial charge in [0.25, 0.3) is 5.91 Å². The van der Waals surface area contributed by atoms with Crippen LogP contribution in [0.4, 0.5) is 0 Å². The third-order valence-electron chi connectivity index (χ3n) is 2.47. The lowest BCUT2D eigenvalue weighted by atomic mass is 10.1. The first-order chi connectivity index (χ1) is 8.20. The van der Waals surface area contributed by atoms with Gasteiger partial charge in [-0.1, -0.05) is 12.1 Å². The lowest BCUT2D eigenvalue weighted by molar-refractivity contribution is 0.0945. The number of carbonyl (C=O) groups excluding carboxylic acids is 1. The topological polar surface area (TPSA) is 47.6 Å². The fraction of sp³-hybridized carbons (Fsp3) is 0.462. The largest absolute Gasteiger partial charge is 0.496 e. The Morgan fingerprint density at radius 1 is 1.35 bits per heavy atom. The van der Waals surface area contributed by atoms with Crippen molar-refractivity contribution in [3.63, 3.8) is 0 Å². The number of para-hydroxylation sites is 1. The van der Waals surface area contributed by atoms with Crippen LogP contribution in [0, 0.1) is 6.92 Å². The van der Waals surface area contributed by atoms with Crippen LogP contribution in [-0.4, -0.2) is 33.3 Å². The van der Waals surface area contributed by atoms with Crippen molar-refractivity contribution >= 4 is 5.91 Å². The van der Waals surface area contributed by atoms with Gasteiger partial charge in [-0.2, -0.15) is 0 Å². The van der Waals surface area contributed by atoms with E-state index in [1.54, 1.807) is 20.3 Å². The van der Waals surface area contributed by atoms with Crippen LogP contribution >= 0.6 is 0 Å². The Balaban J connectivity index is 2.65. The molecule has 17 heavy (non-hydrogen) atoms. The van der Waals surface area contributed by atoms with E-state index in [-0.39, 0.29) is 5.91 Å². The molecule has 0 aliphatic heterocycles. The van der Waals surface area contributed by atoms with E-state index in [9.17, 15) is 4.79 Å². The van der Waals surface area contributed by atoms with E-state index in [4.69, 9.17) is 9.47 Å². The number of amides is 1. The van der Waals surface area contributed by atoms with E-state index in [0.717, 1.165) is 12.0 Å². The maximum absolute atomic E-state index is 11.9. The summed E-state index contributed by atoms with van der Waals surface area (Å²) in [6.45, 7) is 3.16. The molecule has 0 unspecified atom stereocenters. The second-order valence-electron chi connectivity index (χ2n) is 3.76. The highest BCUT2D eigenvalue weighted by Gasteiger charge is 2.12. The molecule has 4 heteroatoms. The van der Waals surface area contributed by atoms with Crippen LogP contribution in [0.15, 0.2) is 18.2 Å². The van der Waals surface area contributed by atoms with E-state index < -0.39 is 0 Å². The van der Waals surface area contributed by atoms with E-state index in [0.29, 0.717) is 24.5 Å². The van der Waals surface area contributed by atoms with Crippen LogP contribution in [-0.2, 0) is 4.74 Å². The van der Waals surface area contributed by atoms with Gasteiger partial charge in [0.1, 0.15) is 5.75 Å². The third kappa shape index (κ3) is 3.75. The Morgan fingerprint density at radius 2 is 2.12 bits per heavy atom. The smallest absolute Gasteiger partial charge is 0.255 e. The van der Waals surface area contributed by atoms with Gasteiger partial charge in [-0.05, 0) is 25.0 Å². The molecule has 0 aliphatic carbocycles. The standard InChI is InChI=1S/C13H19NO3/c1-10-6-4-7-11(12(10)17-3)13(15)14-8-5-9-16-2/h4,6-7H,5,8-9H2,1-3H3,(H,14,15). The van der Waals surface area contributed by atoms with Gasteiger partial charge in [-0.3, -0.25) is 4.79 Å². The quantitative estimate of drug-likeness (QED) is 0.767. The molecule has 0 saturated carbocycles.